The van der Waals surface area contributed by atoms with Crippen LogP contribution in [0.3, 0.4) is 0 Å². The van der Waals surface area contributed by atoms with Crippen LogP contribution in [0.5, 0.6) is 0 Å². The summed E-state index contributed by atoms with van der Waals surface area (Å²) in [6.45, 7) is 0. The highest BCUT2D eigenvalue weighted by Gasteiger charge is 2.52. The molecule has 1 N–H and O–H groups in total. The maximum atomic E-state index is 14.4. The van der Waals surface area contributed by atoms with E-state index in [0.717, 1.165) is 22.4 Å². The first-order valence-electron chi connectivity index (χ1n) is 10.2. The molecule has 154 valence electrons. The molecule has 1 atom stereocenters. The molecule has 31 heavy (non-hydrogen) atoms. The maximum absolute atomic E-state index is 14.4. The average Bonchev–Trinajstić information content (AvgIpc) is 3.29. The Morgan fingerprint density at radius 1 is 0.871 bits per heavy atom. The smallest absolute Gasteiger partial charge is 0.223 e. The first-order valence-corrected chi connectivity index (χ1v) is 10.2. The van der Waals surface area contributed by atoms with Crippen molar-refractivity contribution in [2.75, 3.05) is 24.3 Å². The van der Waals surface area contributed by atoms with Crippen LogP contribution in [0.15, 0.2) is 91.3 Å². The Morgan fingerprint density at radius 3 is 2.00 bits per heavy atom. The van der Waals surface area contributed by atoms with Crippen molar-refractivity contribution in [3.8, 4) is 0 Å². The number of Topliss-reactive ketones (excluding diaryl/α,β-unsaturated/α-hetero) is 1. The van der Waals surface area contributed by atoms with Crippen molar-refractivity contribution in [3.63, 3.8) is 0 Å². The molecule has 3 aromatic carbocycles. The molecule has 6 heteroatoms. The fraction of sp³-hybridized carbons (Fsp3) is 0.160. The summed E-state index contributed by atoms with van der Waals surface area (Å²) in [6.07, 6.45) is 1.49. The van der Waals surface area contributed by atoms with Crippen LogP contribution in [0.25, 0.3) is 0 Å². The van der Waals surface area contributed by atoms with E-state index >= 15 is 0 Å². The maximum Gasteiger partial charge on any atom is 0.223 e. The second-order valence-electron chi connectivity index (χ2n) is 7.87. The number of rotatable bonds is 4. The average molecular weight is 409 g/mol. The van der Waals surface area contributed by atoms with Gasteiger partial charge in [0.15, 0.2) is 11.3 Å². The fourth-order valence-corrected chi connectivity index (χ4v) is 4.35. The third-order valence-corrected chi connectivity index (χ3v) is 5.88. The van der Waals surface area contributed by atoms with Gasteiger partial charge in [-0.15, -0.1) is 0 Å². The molecule has 0 bridgehead atoms. The summed E-state index contributed by atoms with van der Waals surface area (Å²) in [4.78, 5) is 20.8. The lowest BCUT2D eigenvalue weighted by atomic mass is 9.74. The lowest BCUT2D eigenvalue weighted by Crippen LogP contribution is -2.52. The van der Waals surface area contributed by atoms with Gasteiger partial charge in [-0.05, 0) is 28.8 Å². The number of fused-ring (bicyclic) bond motifs is 1. The van der Waals surface area contributed by atoms with Gasteiger partial charge in [0.25, 0.3) is 0 Å². The fourth-order valence-electron chi connectivity index (χ4n) is 4.35. The molecule has 0 fully saturated rings. The van der Waals surface area contributed by atoms with E-state index in [0.29, 0.717) is 5.95 Å². The number of nitrogens with one attached hydrogen (secondary N) is 1. The molecular weight excluding hydrogens is 386 g/mol. The standard InChI is InChI=1S/C25H23N5O/c1-29(2)21-15-13-18(14-16-21)22-23(31)25(19-9-5-3-6-10-19,20-11-7-4-8-12-20)30-24(28-22)26-17-27-30/h3-17,22H,1-2H3,(H,26,27,28). The van der Waals surface area contributed by atoms with Crippen LogP contribution in [0.4, 0.5) is 11.6 Å². The van der Waals surface area contributed by atoms with Crippen molar-refractivity contribution in [1.29, 1.82) is 0 Å². The van der Waals surface area contributed by atoms with Crippen molar-refractivity contribution in [3.05, 3.63) is 108 Å². The molecule has 1 aliphatic heterocycles. The molecule has 0 saturated carbocycles. The third-order valence-electron chi connectivity index (χ3n) is 5.88. The van der Waals surface area contributed by atoms with Crippen LogP contribution in [0.1, 0.15) is 22.7 Å². The summed E-state index contributed by atoms with van der Waals surface area (Å²) in [6, 6.07) is 27.1. The highest BCUT2D eigenvalue weighted by atomic mass is 16.1. The van der Waals surface area contributed by atoms with Gasteiger partial charge in [-0.1, -0.05) is 72.8 Å². The predicted molar refractivity (Wildman–Crippen MR) is 121 cm³/mol. The molecule has 2 heterocycles. The Bertz CT molecular complexity index is 1160. The Hall–Kier alpha value is -3.93. The summed E-state index contributed by atoms with van der Waals surface area (Å²) < 4.78 is 1.71. The number of hydrogen-bond donors (Lipinski definition) is 1. The second-order valence-corrected chi connectivity index (χ2v) is 7.87. The number of ketones is 1. The van der Waals surface area contributed by atoms with Gasteiger partial charge in [0, 0.05) is 19.8 Å². The van der Waals surface area contributed by atoms with Crippen LogP contribution in [-0.4, -0.2) is 34.6 Å². The van der Waals surface area contributed by atoms with Crippen molar-refractivity contribution in [1.82, 2.24) is 14.8 Å². The number of nitrogens with zero attached hydrogens (tertiary/aromatic N) is 4. The predicted octanol–water partition coefficient (Wildman–Crippen LogP) is 3.87. The zero-order valence-electron chi connectivity index (χ0n) is 17.4. The van der Waals surface area contributed by atoms with Gasteiger partial charge in [-0.3, -0.25) is 4.79 Å². The topological polar surface area (TPSA) is 63.0 Å². The van der Waals surface area contributed by atoms with Gasteiger partial charge in [-0.25, -0.2) is 4.68 Å². The van der Waals surface area contributed by atoms with Gasteiger partial charge in [0.05, 0.1) is 0 Å². The molecule has 0 aliphatic carbocycles. The minimum Gasteiger partial charge on any atom is -0.378 e. The van der Waals surface area contributed by atoms with Crippen molar-refractivity contribution < 1.29 is 4.79 Å². The quantitative estimate of drug-likeness (QED) is 0.554. The minimum absolute atomic E-state index is 0.000466. The lowest BCUT2D eigenvalue weighted by molar-refractivity contribution is -0.126. The van der Waals surface area contributed by atoms with E-state index in [1.807, 2.05) is 104 Å². The number of carbonyl (C=O) groups excluding carboxylic acids is 1. The van der Waals surface area contributed by atoms with Crippen molar-refractivity contribution in [2.45, 2.75) is 11.6 Å². The van der Waals surface area contributed by atoms with Crippen LogP contribution in [-0.2, 0) is 10.3 Å². The van der Waals surface area contributed by atoms with E-state index in [2.05, 4.69) is 15.4 Å². The lowest BCUT2D eigenvalue weighted by Gasteiger charge is -2.41. The van der Waals surface area contributed by atoms with Gasteiger partial charge in [0.1, 0.15) is 12.4 Å². The molecule has 6 nitrogen and oxygen atoms in total. The van der Waals surface area contributed by atoms with Gasteiger partial charge < -0.3 is 10.2 Å². The van der Waals surface area contributed by atoms with Gasteiger partial charge in [-0.2, -0.15) is 10.1 Å². The molecule has 0 spiro atoms. The largest absolute Gasteiger partial charge is 0.378 e. The van der Waals surface area contributed by atoms with Crippen LogP contribution in [0, 0.1) is 0 Å². The number of benzene rings is 3. The van der Waals surface area contributed by atoms with E-state index in [1.165, 1.54) is 6.33 Å². The molecule has 1 aliphatic rings. The highest BCUT2D eigenvalue weighted by molar-refractivity contribution is 6.01. The van der Waals surface area contributed by atoms with E-state index in [9.17, 15) is 4.79 Å². The van der Waals surface area contributed by atoms with Crippen LogP contribution < -0.4 is 10.2 Å². The summed E-state index contributed by atoms with van der Waals surface area (Å²) in [5.41, 5.74) is 2.56. The Labute approximate surface area is 181 Å². The molecule has 0 saturated heterocycles. The third kappa shape index (κ3) is 2.91. The molecule has 1 unspecified atom stereocenters. The number of carbonyl (C=O) groups is 1. The van der Waals surface area contributed by atoms with E-state index in [-0.39, 0.29) is 5.78 Å². The molecule has 5 rings (SSSR count). The number of hydrogen-bond acceptors (Lipinski definition) is 5. The van der Waals surface area contributed by atoms with Gasteiger partial charge in [0.2, 0.25) is 5.95 Å². The zero-order chi connectivity index (χ0) is 21.4. The molecule has 0 radical (unpaired) electrons. The van der Waals surface area contributed by atoms with E-state index in [1.54, 1.807) is 4.68 Å². The second kappa shape index (κ2) is 7.40. The van der Waals surface area contributed by atoms with Crippen molar-refractivity contribution in [2.24, 2.45) is 0 Å². The first-order chi connectivity index (χ1) is 15.1. The zero-order valence-corrected chi connectivity index (χ0v) is 17.4. The summed E-state index contributed by atoms with van der Waals surface area (Å²) in [5.74, 6) is 0.564. The van der Waals surface area contributed by atoms with Crippen LogP contribution in [0.2, 0.25) is 0 Å². The summed E-state index contributed by atoms with van der Waals surface area (Å²) >= 11 is 0. The summed E-state index contributed by atoms with van der Waals surface area (Å²) in [5, 5.41) is 7.81. The monoisotopic (exact) mass is 409 g/mol. The summed E-state index contributed by atoms with van der Waals surface area (Å²) in [7, 11) is 3.99. The highest BCUT2D eigenvalue weighted by Crippen LogP contribution is 2.44. The first kappa shape index (κ1) is 19.1. The Morgan fingerprint density at radius 2 is 1.45 bits per heavy atom. The molecule has 0 amide bonds. The Balaban J connectivity index is 1.75. The minimum atomic E-state index is -1.12. The number of aromatic nitrogens is 3. The SMILES string of the molecule is CN(C)c1ccc(C2Nc3ncnn3C(c3ccccc3)(c3ccccc3)C2=O)cc1. The van der Waals surface area contributed by atoms with Crippen molar-refractivity contribution >= 4 is 17.4 Å². The van der Waals surface area contributed by atoms with E-state index < -0.39 is 11.6 Å². The normalized spacial score (nSPS) is 17.0. The number of anilines is 2. The van der Waals surface area contributed by atoms with Gasteiger partial charge >= 0.3 is 0 Å². The van der Waals surface area contributed by atoms with Crippen LogP contribution >= 0.6 is 0 Å². The van der Waals surface area contributed by atoms with E-state index in [4.69, 9.17) is 0 Å². The molecule has 4 aromatic rings. The molecular formula is C25H23N5O. The Kier molecular flexibility index (Phi) is 4.55. The molecule has 1 aromatic heterocycles.